The Labute approximate surface area is 190 Å². The molecule has 0 saturated carbocycles. The van der Waals surface area contributed by atoms with Gasteiger partial charge in [-0.3, -0.25) is 9.59 Å². The van der Waals surface area contributed by atoms with E-state index < -0.39 is 0 Å². The Kier molecular flexibility index (Phi) is 7.75. The van der Waals surface area contributed by atoms with Crippen LogP contribution in [0.1, 0.15) is 34.3 Å². The van der Waals surface area contributed by atoms with Crippen molar-refractivity contribution in [1.82, 2.24) is 9.80 Å². The molecular weight excluding hydrogens is 406 g/mol. The summed E-state index contributed by atoms with van der Waals surface area (Å²) >= 11 is 0. The largest absolute Gasteiger partial charge is 0.493 e. The zero-order chi connectivity index (χ0) is 23.3. The van der Waals surface area contributed by atoms with Gasteiger partial charge < -0.3 is 24.6 Å². The number of nitrogens with zero attached hydrogens (tertiary/aromatic N) is 2. The molecule has 1 aliphatic heterocycles. The first-order valence-electron chi connectivity index (χ1n) is 10.9. The summed E-state index contributed by atoms with van der Waals surface area (Å²) in [4.78, 5) is 30.1. The number of carbonyl (C=O) groups is 2. The minimum Gasteiger partial charge on any atom is -0.493 e. The van der Waals surface area contributed by atoms with Gasteiger partial charge in [0.1, 0.15) is 0 Å². The lowest BCUT2D eigenvalue weighted by Gasteiger charge is -2.35. The number of carbonyl (C=O) groups excluding carboxylic acids is 2. The van der Waals surface area contributed by atoms with Gasteiger partial charge in [0.15, 0.2) is 11.5 Å². The van der Waals surface area contributed by atoms with Crippen molar-refractivity contribution in [2.45, 2.75) is 32.2 Å². The summed E-state index contributed by atoms with van der Waals surface area (Å²) in [7, 11) is 6.97. The molecule has 2 amide bonds. The summed E-state index contributed by atoms with van der Waals surface area (Å²) in [5.74, 6) is 0.503. The fourth-order valence-corrected chi connectivity index (χ4v) is 4.13. The van der Waals surface area contributed by atoms with E-state index in [4.69, 9.17) is 9.47 Å². The van der Waals surface area contributed by atoms with E-state index in [0.29, 0.717) is 22.7 Å². The van der Waals surface area contributed by atoms with Crippen LogP contribution in [-0.2, 0) is 11.2 Å². The number of benzene rings is 2. The Bertz CT molecular complexity index is 968. The fraction of sp³-hybridized carbons (Fsp3) is 0.440. The zero-order valence-electron chi connectivity index (χ0n) is 19.6. The highest BCUT2D eigenvalue weighted by molar-refractivity contribution is 6.00. The van der Waals surface area contributed by atoms with Crippen molar-refractivity contribution in [3.8, 4) is 11.5 Å². The lowest BCUT2D eigenvalue weighted by atomic mass is 10.0. The van der Waals surface area contributed by atoms with Gasteiger partial charge in [-0.05, 0) is 57.6 Å². The average molecular weight is 440 g/mol. The first-order chi connectivity index (χ1) is 15.3. The van der Waals surface area contributed by atoms with Crippen LogP contribution in [0.5, 0.6) is 11.5 Å². The maximum Gasteiger partial charge on any atom is 0.254 e. The molecule has 0 spiro atoms. The number of amides is 2. The van der Waals surface area contributed by atoms with E-state index in [1.165, 1.54) is 14.2 Å². The van der Waals surface area contributed by atoms with Crippen LogP contribution in [0.25, 0.3) is 0 Å². The topological polar surface area (TPSA) is 71.1 Å². The number of ether oxygens (including phenoxy) is 2. The van der Waals surface area contributed by atoms with Crippen molar-refractivity contribution in [1.29, 1.82) is 0 Å². The monoisotopic (exact) mass is 439 g/mol. The zero-order valence-corrected chi connectivity index (χ0v) is 19.6. The van der Waals surface area contributed by atoms with Crippen LogP contribution in [-0.4, -0.2) is 69.1 Å². The SMILES string of the molecule is COc1cc(C(=O)N(C)C2CCN(C)CC2)cc(NC(=O)Cc2cccc(C)c2)c1OC. The summed E-state index contributed by atoms with van der Waals surface area (Å²) in [6.07, 6.45) is 2.10. The van der Waals surface area contributed by atoms with E-state index in [2.05, 4.69) is 17.3 Å². The molecule has 0 radical (unpaired) electrons. The van der Waals surface area contributed by atoms with Gasteiger partial charge in [-0.1, -0.05) is 29.8 Å². The third-order valence-electron chi connectivity index (χ3n) is 6.00. The van der Waals surface area contributed by atoms with Gasteiger partial charge >= 0.3 is 0 Å². The van der Waals surface area contributed by atoms with Gasteiger partial charge in [0.25, 0.3) is 5.91 Å². The van der Waals surface area contributed by atoms with E-state index in [1.807, 2.05) is 38.2 Å². The highest BCUT2D eigenvalue weighted by Crippen LogP contribution is 2.37. The number of rotatable bonds is 7. The van der Waals surface area contributed by atoms with Crippen LogP contribution in [0.3, 0.4) is 0 Å². The standard InChI is InChI=1S/C25H33N3O4/c1-17-7-6-8-18(13-17)14-23(29)26-21-15-19(16-22(31-4)24(21)32-5)25(30)28(3)20-9-11-27(2)12-10-20/h6-8,13,15-16,20H,9-12,14H2,1-5H3,(H,26,29). The number of piperidine rings is 1. The first-order valence-corrected chi connectivity index (χ1v) is 10.9. The molecular formula is C25H33N3O4. The van der Waals surface area contributed by atoms with Gasteiger partial charge in [0, 0.05) is 18.7 Å². The number of hydrogen-bond acceptors (Lipinski definition) is 5. The van der Waals surface area contributed by atoms with Gasteiger partial charge in [-0.25, -0.2) is 0 Å². The van der Waals surface area contributed by atoms with Crippen molar-refractivity contribution in [3.05, 3.63) is 53.1 Å². The number of methoxy groups -OCH3 is 2. The quantitative estimate of drug-likeness (QED) is 0.716. The predicted octanol–water partition coefficient (Wildman–Crippen LogP) is 3.36. The number of aryl methyl sites for hydroxylation is 1. The third kappa shape index (κ3) is 5.59. The molecule has 3 rings (SSSR count). The molecule has 0 bridgehead atoms. The van der Waals surface area contributed by atoms with E-state index in [0.717, 1.165) is 37.1 Å². The molecule has 172 valence electrons. The molecule has 0 aliphatic carbocycles. The van der Waals surface area contributed by atoms with E-state index in [1.54, 1.807) is 17.0 Å². The molecule has 1 N–H and O–H groups in total. The highest BCUT2D eigenvalue weighted by atomic mass is 16.5. The van der Waals surface area contributed by atoms with E-state index >= 15 is 0 Å². The Hall–Kier alpha value is -3.06. The van der Waals surface area contributed by atoms with E-state index in [-0.39, 0.29) is 24.3 Å². The molecule has 7 nitrogen and oxygen atoms in total. The van der Waals surface area contributed by atoms with Crippen molar-refractivity contribution in [2.75, 3.05) is 46.7 Å². The van der Waals surface area contributed by atoms with Crippen molar-refractivity contribution in [2.24, 2.45) is 0 Å². The Morgan fingerprint density at radius 2 is 1.84 bits per heavy atom. The number of hydrogen-bond donors (Lipinski definition) is 1. The normalized spacial score (nSPS) is 14.7. The number of anilines is 1. The van der Waals surface area contributed by atoms with Crippen LogP contribution in [0.2, 0.25) is 0 Å². The smallest absolute Gasteiger partial charge is 0.254 e. The lowest BCUT2D eigenvalue weighted by Crippen LogP contribution is -2.44. The maximum atomic E-state index is 13.3. The van der Waals surface area contributed by atoms with Crippen LogP contribution in [0.4, 0.5) is 5.69 Å². The lowest BCUT2D eigenvalue weighted by molar-refractivity contribution is -0.115. The van der Waals surface area contributed by atoms with Crippen LogP contribution in [0, 0.1) is 6.92 Å². The molecule has 1 saturated heterocycles. The van der Waals surface area contributed by atoms with Gasteiger partial charge in [-0.2, -0.15) is 0 Å². The Morgan fingerprint density at radius 3 is 2.47 bits per heavy atom. The second kappa shape index (κ2) is 10.5. The molecule has 2 aromatic carbocycles. The minimum absolute atomic E-state index is 0.102. The Morgan fingerprint density at radius 1 is 1.12 bits per heavy atom. The second-order valence-corrected chi connectivity index (χ2v) is 8.42. The summed E-state index contributed by atoms with van der Waals surface area (Å²) in [5.41, 5.74) is 2.89. The molecule has 32 heavy (non-hydrogen) atoms. The predicted molar refractivity (Wildman–Crippen MR) is 126 cm³/mol. The second-order valence-electron chi connectivity index (χ2n) is 8.42. The van der Waals surface area contributed by atoms with Crippen molar-refractivity contribution < 1.29 is 19.1 Å². The summed E-state index contributed by atoms with van der Waals surface area (Å²) < 4.78 is 11.0. The summed E-state index contributed by atoms with van der Waals surface area (Å²) in [5, 5.41) is 2.90. The van der Waals surface area contributed by atoms with Crippen LogP contribution in [0.15, 0.2) is 36.4 Å². The molecule has 1 fully saturated rings. The highest BCUT2D eigenvalue weighted by Gasteiger charge is 2.26. The Balaban J connectivity index is 1.83. The summed E-state index contributed by atoms with van der Waals surface area (Å²) in [6, 6.07) is 11.3. The van der Waals surface area contributed by atoms with E-state index in [9.17, 15) is 9.59 Å². The first kappa shape index (κ1) is 23.6. The average Bonchev–Trinajstić information content (AvgIpc) is 2.78. The minimum atomic E-state index is -0.191. The molecule has 0 atom stereocenters. The third-order valence-corrected chi connectivity index (χ3v) is 6.00. The van der Waals surface area contributed by atoms with Crippen LogP contribution < -0.4 is 14.8 Å². The van der Waals surface area contributed by atoms with Crippen molar-refractivity contribution >= 4 is 17.5 Å². The molecule has 0 aromatic heterocycles. The molecule has 1 aliphatic rings. The molecule has 7 heteroatoms. The van der Waals surface area contributed by atoms with Gasteiger partial charge in [-0.15, -0.1) is 0 Å². The summed E-state index contributed by atoms with van der Waals surface area (Å²) in [6.45, 7) is 3.92. The fourth-order valence-electron chi connectivity index (χ4n) is 4.13. The van der Waals surface area contributed by atoms with Crippen molar-refractivity contribution in [3.63, 3.8) is 0 Å². The van der Waals surface area contributed by atoms with Gasteiger partial charge in [0.05, 0.1) is 26.3 Å². The molecule has 0 unspecified atom stereocenters. The van der Waals surface area contributed by atoms with Gasteiger partial charge in [0.2, 0.25) is 5.91 Å². The van der Waals surface area contributed by atoms with Crippen LogP contribution >= 0.6 is 0 Å². The molecule has 2 aromatic rings. The maximum absolute atomic E-state index is 13.3. The molecule has 1 heterocycles. The number of nitrogens with one attached hydrogen (secondary N) is 1. The number of likely N-dealkylation sites (tertiary alicyclic amines) is 1.